The van der Waals surface area contributed by atoms with Crippen molar-refractivity contribution in [1.82, 2.24) is 0 Å². The van der Waals surface area contributed by atoms with Crippen molar-refractivity contribution in [3.63, 3.8) is 0 Å². The van der Waals surface area contributed by atoms with E-state index in [1.165, 1.54) is 27.4 Å². The Morgan fingerprint density at radius 2 is 1.47 bits per heavy atom. The predicted molar refractivity (Wildman–Crippen MR) is 115 cm³/mol. The number of esters is 1. The van der Waals surface area contributed by atoms with Crippen molar-refractivity contribution in [1.29, 1.82) is 0 Å². The van der Waals surface area contributed by atoms with Gasteiger partial charge in [0.1, 0.15) is 0 Å². The van der Waals surface area contributed by atoms with Gasteiger partial charge in [-0.25, -0.2) is 4.79 Å². The molecule has 0 fully saturated rings. The van der Waals surface area contributed by atoms with E-state index in [9.17, 15) is 9.59 Å². The third kappa shape index (κ3) is 5.76. The number of aryl methyl sites for hydroxylation is 3. The monoisotopic (exact) mass is 413 g/mol. The number of hydrogen-bond acceptors (Lipinski definition) is 6. The summed E-state index contributed by atoms with van der Waals surface area (Å²) in [5.41, 5.74) is 4.40. The van der Waals surface area contributed by atoms with Crippen molar-refractivity contribution in [2.24, 2.45) is 0 Å². The minimum absolute atomic E-state index is 0.384. The Hall–Kier alpha value is -3.48. The first-order valence-electron chi connectivity index (χ1n) is 9.31. The molecule has 0 saturated heterocycles. The number of benzene rings is 2. The zero-order valence-corrected chi connectivity index (χ0v) is 18.1. The molecule has 30 heavy (non-hydrogen) atoms. The Kier molecular flexibility index (Phi) is 7.86. The minimum atomic E-state index is -0.642. The van der Waals surface area contributed by atoms with E-state index in [2.05, 4.69) is 5.32 Å². The second-order valence-electron chi connectivity index (χ2n) is 6.72. The van der Waals surface area contributed by atoms with Gasteiger partial charge in [-0.05, 0) is 55.7 Å². The van der Waals surface area contributed by atoms with Crippen LogP contribution < -0.4 is 19.5 Å². The molecule has 2 aromatic carbocycles. The summed E-state index contributed by atoms with van der Waals surface area (Å²) < 4.78 is 20.9. The van der Waals surface area contributed by atoms with Crippen LogP contribution in [0.15, 0.2) is 30.3 Å². The van der Waals surface area contributed by atoms with Gasteiger partial charge in [-0.3, -0.25) is 4.79 Å². The van der Waals surface area contributed by atoms with Crippen LogP contribution in [0.3, 0.4) is 0 Å². The van der Waals surface area contributed by atoms with E-state index in [0.29, 0.717) is 22.8 Å². The Balaban J connectivity index is 1.99. The van der Waals surface area contributed by atoms with Crippen LogP contribution in [0, 0.1) is 20.8 Å². The average molecular weight is 413 g/mol. The van der Waals surface area contributed by atoms with Crippen LogP contribution in [0.25, 0.3) is 6.08 Å². The predicted octanol–water partition coefficient (Wildman–Crippen LogP) is 3.83. The van der Waals surface area contributed by atoms with Crippen molar-refractivity contribution in [2.45, 2.75) is 20.8 Å². The molecule has 0 atom stereocenters. The maximum absolute atomic E-state index is 12.2. The molecule has 0 saturated carbocycles. The Morgan fingerprint density at radius 3 is 1.97 bits per heavy atom. The standard InChI is InChI=1S/C23H27NO6/c1-14-9-15(2)22(16(3)10-14)24-20(25)13-30-21(26)8-7-17-11-18(27-4)23(29-6)19(12-17)28-5/h7-12H,13H2,1-6H3,(H,24,25)/b8-7+. The van der Waals surface area contributed by atoms with Crippen LogP contribution in [-0.4, -0.2) is 39.8 Å². The number of ether oxygens (including phenoxy) is 4. The van der Waals surface area contributed by atoms with Crippen molar-refractivity contribution < 1.29 is 28.5 Å². The van der Waals surface area contributed by atoms with Crippen LogP contribution in [0.5, 0.6) is 17.2 Å². The Bertz CT molecular complexity index is 916. The normalized spacial score (nSPS) is 10.6. The lowest BCUT2D eigenvalue weighted by Gasteiger charge is -2.13. The highest BCUT2D eigenvalue weighted by Gasteiger charge is 2.13. The maximum atomic E-state index is 12.2. The molecule has 160 valence electrons. The van der Waals surface area contributed by atoms with E-state index in [1.807, 2.05) is 32.9 Å². The topological polar surface area (TPSA) is 83.1 Å². The molecular weight excluding hydrogens is 386 g/mol. The smallest absolute Gasteiger partial charge is 0.331 e. The summed E-state index contributed by atoms with van der Waals surface area (Å²) in [5, 5.41) is 2.79. The molecule has 2 aromatic rings. The number of anilines is 1. The van der Waals surface area contributed by atoms with Gasteiger partial charge < -0.3 is 24.3 Å². The average Bonchev–Trinajstić information content (AvgIpc) is 2.72. The SMILES string of the molecule is COc1cc(/C=C/C(=O)OCC(=O)Nc2c(C)cc(C)cc2C)cc(OC)c1OC. The van der Waals surface area contributed by atoms with Crippen molar-refractivity contribution in [2.75, 3.05) is 33.3 Å². The quantitative estimate of drug-likeness (QED) is 0.523. The van der Waals surface area contributed by atoms with Crippen LogP contribution >= 0.6 is 0 Å². The first-order valence-corrected chi connectivity index (χ1v) is 9.31. The number of nitrogens with one attached hydrogen (secondary N) is 1. The first kappa shape index (κ1) is 22.8. The summed E-state index contributed by atoms with van der Waals surface area (Å²) in [6.45, 7) is 5.45. The number of amides is 1. The van der Waals surface area contributed by atoms with Crippen molar-refractivity contribution >= 4 is 23.6 Å². The highest BCUT2D eigenvalue weighted by Crippen LogP contribution is 2.38. The Labute approximate surface area is 176 Å². The van der Waals surface area contributed by atoms with Gasteiger partial charge in [-0.1, -0.05) is 17.7 Å². The fourth-order valence-corrected chi connectivity index (χ4v) is 3.10. The van der Waals surface area contributed by atoms with Gasteiger partial charge in [-0.15, -0.1) is 0 Å². The van der Waals surface area contributed by atoms with Gasteiger partial charge in [0.2, 0.25) is 5.75 Å². The molecule has 0 unspecified atom stereocenters. The highest BCUT2D eigenvalue weighted by atomic mass is 16.5. The molecule has 1 N–H and O–H groups in total. The molecule has 0 aliphatic carbocycles. The molecule has 0 spiro atoms. The molecular formula is C23H27NO6. The van der Waals surface area contributed by atoms with E-state index in [-0.39, 0.29) is 6.61 Å². The lowest BCUT2D eigenvalue weighted by molar-refractivity contribution is -0.142. The first-order chi connectivity index (χ1) is 14.3. The zero-order valence-electron chi connectivity index (χ0n) is 18.1. The number of hydrogen-bond donors (Lipinski definition) is 1. The maximum Gasteiger partial charge on any atom is 0.331 e. The summed E-state index contributed by atoms with van der Waals surface area (Å²) >= 11 is 0. The molecule has 0 aliphatic heterocycles. The van der Waals surface area contributed by atoms with E-state index < -0.39 is 11.9 Å². The summed E-state index contributed by atoms with van der Waals surface area (Å²) in [7, 11) is 4.53. The minimum Gasteiger partial charge on any atom is -0.493 e. The fraction of sp³-hybridized carbons (Fsp3) is 0.304. The number of carbonyl (C=O) groups is 2. The van der Waals surface area contributed by atoms with Gasteiger partial charge in [0.25, 0.3) is 5.91 Å². The summed E-state index contributed by atoms with van der Waals surface area (Å²) in [5.74, 6) is 0.343. The van der Waals surface area contributed by atoms with E-state index in [4.69, 9.17) is 18.9 Å². The molecule has 7 nitrogen and oxygen atoms in total. The second-order valence-corrected chi connectivity index (χ2v) is 6.72. The lowest BCUT2D eigenvalue weighted by atomic mass is 10.1. The number of rotatable bonds is 8. The van der Waals surface area contributed by atoms with Crippen LogP contribution in [0.4, 0.5) is 5.69 Å². The van der Waals surface area contributed by atoms with Gasteiger partial charge in [0.15, 0.2) is 18.1 Å². The lowest BCUT2D eigenvalue weighted by Crippen LogP contribution is -2.21. The second kappa shape index (κ2) is 10.3. The fourth-order valence-electron chi connectivity index (χ4n) is 3.10. The number of carbonyl (C=O) groups excluding carboxylic acids is 2. The third-order valence-electron chi connectivity index (χ3n) is 4.39. The molecule has 0 bridgehead atoms. The van der Waals surface area contributed by atoms with Crippen molar-refractivity contribution in [3.05, 3.63) is 52.6 Å². The van der Waals surface area contributed by atoms with E-state index in [1.54, 1.807) is 18.2 Å². The van der Waals surface area contributed by atoms with Crippen LogP contribution in [-0.2, 0) is 14.3 Å². The van der Waals surface area contributed by atoms with Gasteiger partial charge in [0, 0.05) is 11.8 Å². The van der Waals surface area contributed by atoms with Crippen LogP contribution in [0.2, 0.25) is 0 Å². The molecule has 1 amide bonds. The van der Waals surface area contributed by atoms with Gasteiger partial charge in [0.05, 0.1) is 21.3 Å². The van der Waals surface area contributed by atoms with Gasteiger partial charge >= 0.3 is 5.97 Å². The van der Waals surface area contributed by atoms with E-state index >= 15 is 0 Å². The highest BCUT2D eigenvalue weighted by molar-refractivity contribution is 5.95. The summed E-state index contributed by atoms with van der Waals surface area (Å²) in [6.07, 6.45) is 2.77. The largest absolute Gasteiger partial charge is 0.493 e. The third-order valence-corrected chi connectivity index (χ3v) is 4.39. The molecule has 0 radical (unpaired) electrons. The van der Waals surface area contributed by atoms with Gasteiger partial charge in [-0.2, -0.15) is 0 Å². The molecule has 2 rings (SSSR count). The summed E-state index contributed by atoms with van der Waals surface area (Å²) in [4.78, 5) is 24.2. The molecule has 0 aromatic heterocycles. The van der Waals surface area contributed by atoms with E-state index in [0.717, 1.165) is 22.4 Å². The molecule has 0 heterocycles. The summed E-state index contributed by atoms with van der Waals surface area (Å²) in [6, 6.07) is 7.35. The molecule has 7 heteroatoms. The number of methoxy groups -OCH3 is 3. The Morgan fingerprint density at radius 1 is 0.900 bits per heavy atom. The molecule has 0 aliphatic rings. The zero-order chi connectivity index (χ0) is 22.3. The van der Waals surface area contributed by atoms with Crippen molar-refractivity contribution in [3.8, 4) is 17.2 Å². The van der Waals surface area contributed by atoms with Crippen LogP contribution in [0.1, 0.15) is 22.3 Å².